The Labute approximate surface area is 208 Å². The van der Waals surface area contributed by atoms with Crippen molar-refractivity contribution < 1.29 is 13.5 Å². The van der Waals surface area contributed by atoms with Gasteiger partial charge in [0.15, 0.2) is 11.0 Å². The average Bonchev–Trinajstić information content (AvgIpc) is 3.44. The summed E-state index contributed by atoms with van der Waals surface area (Å²) in [5.41, 5.74) is 2.91. The van der Waals surface area contributed by atoms with Crippen LogP contribution >= 0.6 is 11.8 Å². The van der Waals surface area contributed by atoms with Crippen molar-refractivity contribution in [2.75, 3.05) is 18.8 Å². The summed E-state index contributed by atoms with van der Waals surface area (Å²) in [7, 11) is -3.60. The molecule has 0 bridgehead atoms. The number of aryl methyl sites for hydroxylation is 1. The van der Waals surface area contributed by atoms with E-state index in [1.165, 1.54) is 16.1 Å². The fraction of sp³-hybridized carbons (Fsp3) is 0.292. The quantitative estimate of drug-likeness (QED) is 0.192. The SMILES string of the molecule is CCN(CC)S(=O)(=O)c1ccc2c(c1)nc(SC/C(O)=C(\C#N)c1nc3ccccc3[nH]1)n2CC. The van der Waals surface area contributed by atoms with Crippen LogP contribution in [0.25, 0.3) is 27.6 Å². The van der Waals surface area contributed by atoms with Crippen LogP contribution in [-0.4, -0.2) is 56.2 Å². The van der Waals surface area contributed by atoms with Gasteiger partial charge in [-0.1, -0.05) is 37.7 Å². The normalized spacial score (nSPS) is 12.9. The zero-order valence-electron chi connectivity index (χ0n) is 19.7. The molecular weight excluding hydrogens is 484 g/mol. The molecule has 0 radical (unpaired) electrons. The number of aromatic amines is 1. The number of nitrogens with one attached hydrogen (secondary N) is 1. The number of H-pyrrole nitrogens is 1. The summed E-state index contributed by atoms with van der Waals surface area (Å²) in [6.07, 6.45) is 0. The Morgan fingerprint density at radius 3 is 2.54 bits per heavy atom. The first-order chi connectivity index (χ1) is 16.8. The maximum atomic E-state index is 12.9. The molecule has 9 nitrogen and oxygen atoms in total. The maximum absolute atomic E-state index is 12.9. The number of sulfonamides is 1. The molecule has 0 atom stereocenters. The fourth-order valence-corrected chi connectivity index (χ4v) is 6.34. The zero-order chi connectivity index (χ0) is 25.2. The molecule has 2 N–H and O–H groups in total. The summed E-state index contributed by atoms with van der Waals surface area (Å²) in [5, 5.41) is 21.0. The molecule has 2 heterocycles. The summed E-state index contributed by atoms with van der Waals surface area (Å²) in [5.74, 6) is 0.298. The van der Waals surface area contributed by atoms with Crippen molar-refractivity contribution in [3.8, 4) is 6.07 Å². The maximum Gasteiger partial charge on any atom is 0.243 e. The number of nitrogens with zero attached hydrogens (tertiary/aromatic N) is 5. The van der Waals surface area contributed by atoms with E-state index in [1.807, 2.05) is 41.8 Å². The number of para-hydroxylation sites is 2. The minimum Gasteiger partial charge on any atom is -0.510 e. The number of rotatable bonds is 9. The van der Waals surface area contributed by atoms with Gasteiger partial charge in [0, 0.05) is 19.6 Å². The number of thioether (sulfide) groups is 1. The number of allylic oxidation sites excluding steroid dienone is 1. The van der Waals surface area contributed by atoms with Gasteiger partial charge in [-0.2, -0.15) is 9.57 Å². The van der Waals surface area contributed by atoms with E-state index in [1.54, 1.807) is 32.0 Å². The highest BCUT2D eigenvalue weighted by Gasteiger charge is 2.23. The molecule has 182 valence electrons. The number of aliphatic hydroxyl groups excluding tert-OH is 1. The van der Waals surface area contributed by atoms with Crippen molar-refractivity contribution in [3.05, 3.63) is 54.0 Å². The molecule has 0 amide bonds. The lowest BCUT2D eigenvalue weighted by molar-refractivity contribution is 0.420. The Morgan fingerprint density at radius 1 is 1.14 bits per heavy atom. The Balaban J connectivity index is 1.65. The minimum atomic E-state index is -3.60. The average molecular weight is 511 g/mol. The molecule has 0 aliphatic rings. The second-order valence-corrected chi connectivity index (χ2v) is 10.6. The van der Waals surface area contributed by atoms with Crippen LogP contribution in [0.3, 0.4) is 0 Å². The van der Waals surface area contributed by atoms with E-state index in [9.17, 15) is 18.8 Å². The highest BCUT2D eigenvalue weighted by molar-refractivity contribution is 7.99. The molecule has 2 aromatic heterocycles. The van der Waals surface area contributed by atoms with Gasteiger partial charge in [-0.05, 0) is 37.3 Å². The van der Waals surface area contributed by atoms with Crippen LogP contribution in [0.4, 0.5) is 0 Å². The molecule has 0 unspecified atom stereocenters. The van der Waals surface area contributed by atoms with Gasteiger partial charge < -0.3 is 14.7 Å². The number of fused-ring (bicyclic) bond motifs is 2. The number of hydrogen-bond donors (Lipinski definition) is 2. The van der Waals surface area contributed by atoms with Gasteiger partial charge in [0.1, 0.15) is 17.4 Å². The van der Waals surface area contributed by atoms with E-state index in [0.29, 0.717) is 41.6 Å². The van der Waals surface area contributed by atoms with E-state index < -0.39 is 10.0 Å². The van der Waals surface area contributed by atoms with Gasteiger partial charge in [0.2, 0.25) is 10.0 Å². The number of nitriles is 1. The molecule has 0 saturated heterocycles. The van der Waals surface area contributed by atoms with Crippen LogP contribution in [0, 0.1) is 11.3 Å². The summed E-state index contributed by atoms with van der Waals surface area (Å²) < 4.78 is 29.2. The highest BCUT2D eigenvalue weighted by atomic mass is 32.2. The second-order valence-electron chi connectivity index (χ2n) is 7.70. The number of benzene rings is 2. The van der Waals surface area contributed by atoms with Gasteiger partial charge in [-0.25, -0.2) is 18.4 Å². The second kappa shape index (κ2) is 10.1. The summed E-state index contributed by atoms with van der Waals surface area (Å²) >= 11 is 1.27. The van der Waals surface area contributed by atoms with E-state index in [2.05, 4.69) is 15.0 Å². The highest BCUT2D eigenvalue weighted by Crippen LogP contribution is 2.29. The van der Waals surface area contributed by atoms with Crippen LogP contribution in [0.2, 0.25) is 0 Å². The van der Waals surface area contributed by atoms with Crippen molar-refractivity contribution in [2.45, 2.75) is 37.4 Å². The first-order valence-electron chi connectivity index (χ1n) is 11.2. The number of imidazole rings is 2. The molecule has 0 saturated carbocycles. The Kier molecular flexibility index (Phi) is 7.16. The number of aliphatic hydroxyl groups is 1. The first kappa shape index (κ1) is 24.8. The topological polar surface area (TPSA) is 128 Å². The molecule has 2 aromatic carbocycles. The largest absolute Gasteiger partial charge is 0.510 e. The van der Waals surface area contributed by atoms with Crippen molar-refractivity contribution in [1.82, 2.24) is 23.8 Å². The minimum absolute atomic E-state index is 0.0699. The van der Waals surface area contributed by atoms with Gasteiger partial charge in [0.05, 0.1) is 32.7 Å². The third-order valence-electron chi connectivity index (χ3n) is 5.71. The van der Waals surface area contributed by atoms with Crippen LogP contribution in [-0.2, 0) is 16.6 Å². The van der Waals surface area contributed by atoms with Crippen LogP contribution in [0.15, 0.2) is 58.3 Å². The Bertz CT molecular complexity index is 1530. The van der Waals surface area contributed by atoms with Crippen LogP contribution < -0.4 is 0 Å². The standard InChI is InChI=1S/C24H26N6O3S2/c1-4-29(5-2)35(32,33)16-11-12-21-20(13-16)28-24(30(21)6-3)34-15-22(31)17(14-25)23-26-18-9-7-8-10-19(18)27-23/h7-13,31H,4-6,15H2,1-3H3,(H,26,27)/b22-17-. The lowest BCUT2D eigenvalue weighted by atomic mass is 10.2. The predicted octanol–water partition coefficient (Wildman–Crippen LogP) is 4.55. The molecule has 11 heteroatoms. The molecule has 35 heavy (non-hydrogen) atoms. The molecule has 0 aliphatic heterocycles. The predicted molar refractivity (Wildman–Crippen MR) is 137 cm³/mol. The Hall–Kier alpha value is -3.33. The molecule has 4 aromatic rings. The molecular formula is C24H26N6O3S2. The molecule has 0 spiro atoms. The first-order valence-corrected chi connectivity index (χ1v) is 13.7. The molecule has 4 rings (SSSR count). The summed E-state index contributed by atoms with van der Waals surface area (Å²) in [4.78, 5) is 12.3. The summed E-state index contributed by atoms with van der Waals surface area (Å²) in [6.45, 7) is 6.97. The van der Waals surface area contributed by atoms with Crippen molar-refractivity contribution in [2.24, 2.45) is 0 Å². The van der Waals surface area contributed by atoms with Crippen molar-refractivity contribution in [3.63, 3.8) is 0 Å². The van der Waals surface area contributed by atoms with Gasteiger partial charge >= 0.3 is 0 Å². The lowest BCUT2D eigenvalue weighted by Gasteiger charge is -2.18. The van der Waals surface area contributed by atoms with E-state index in [4.69, 9.17) is 0 Å². The summed E-state index contributed by atoms with van der Waals surface area (Å²) in [6, 6.07) is 14.4. The van der Waals surface area contributed by atoms with Crippen LogP contribution in [0.5, 0.6) is 0 Å². The number of aromatic nitrogens is 4. The molecule has 0 aliphatic carbocycles. The van der Waals surface area contributed by atoms with Gasteiger partial charge in [-0.3, -0.25) is 0 Å². The lowest BCUT2D eigenvalue weighted by Crippen LogP contribution is -2.30. The zero-order valence-corrected chi connectivity index (χ0v) is 21.3. The fourth-order valence-electron chi connectivity index (χ4n) is 3.91. The van der Waals surface area contributed by atoms with Crippen LogP contribution in [0.1, 0.15) is 26.6 Å². The van der Waals surface area contributed by atoms with Gasteiger partial charge in [-0.15, -0.1) is 0 Å². The Morgan fingerprint density at radius 2 is 1.89 bits per heavy atom. The molecule has 0 fully saturated rings. The smallest absolute Gasteiger partial charge is 0.243 e. The van der Waals surface area contributed by atoms with E-state index in [-0.39, 0.29) is 22.0 Å². The van der Waals surface area contributed by atoms with Crippen molar-refractivity contribution >= 4 is 49.4 Å². The van der Waals surface area contributed by atoms with Gasteiger partial charge in [0.25, 0.3) is 0 Å². The number of hydrogen-bond acceptors (Lipinski definition) is 7. The van der Waals surface area contributed by atoms with E-state index in [0.717, 1.165) is 11.0 Å². The third kappa shape index (κ3) is 4.65. The monoisotopic (exact) mass is 510 g/mol. The van der Waals surface area contributed by atoms with Crippen molar-refractivity contribution in [1.29, 1.82) is 5.26 Å². The van der Waals surface area contributed by atoms with E-state index >= 15 is 0 Å². The third-order valence-corrected chi connectivity index (χ3v) is 8.74.